The van der Waals surface area contributed by atoms with Gasteiger partial charge in [-0.1, -0.05) is 33.2 Å². The molecule has 3 N–H and O–H groups in total. The second kappa shape index (κ2) is 7.42. The van der Waals surface area contributed by atoms with Crippen LogP contribution in [0.2, 0.25) is 0 Å². The second-order valence-electron chi connectivity index (χ2n) is 5.05. The van der Waals surface area contributed by atoms with Crippen molar-refractivity contribution in [1.29, 1.82) is 0 Å². The Bertz CT molecular complexity index is 527. The minimum absolute atomic E-state index is 0.136. The molecule has 0 unspecified atom stereocenters. The lowest BCUT2D eigenvalue weighted by Crippen LogP contribution is -2.51. The molecular formula is C14H19BrN4O2. The fourth-order valence-electron chi connectivity index (χ4n) is 2.35. The van der Waals surface area contributed by atoms with Crippen LogP contribution in [0.15, 0.2) is 33.9 Å². The molecule has 7 heteroatoms. The third-order valence-corrected chi connectivity index (χ3v) is 3.98. The number of halogens is 1. The van der Waals surface area contributed by atoms with Crippen molar-refractivity contribution >= 4 is 27.7 Å². The van der Waals surface area contributed by atoms with Crippen LogP contribution in [0.3, 0.4) is 0 Å². The molecule has 0 spiro atoms. The van der Waals surface area contributed by atoms with Gasteiger partial charge in [0.05, 0.1) is 13.0 Å². The lowest BCUT2D eigenvalue weighted by Gasteiger charge is -2.34. The van der Waals surface area contributed by atoms with E-state index >= 15 is 0 Å². The van der Waals surface area contributed by atoms with Crippen molar-refractivity contribution in [3.05, 3.63) is 34.3 Å². The molecule has 1 aliphatic heterocycles. The SMILES string of the molecule is NC(CN1CCN(C(=O)Cc2cccc(Br)c2)CC1)=NO. The monoisotopic (exact) mass is 354 g/mol. The summed E-state index contributed by atoms with van der Waals surface area (Å²) < 4.78 is 0.983. The van der Waals surface area contributed by atoms with Gasteiger partial charge in [-0.05, 0) is 17.7 Å². The van der Waals surface area contributed by atoms with Crippen LogP contribution < -0.4 is 5.73 Å². The summed E-state index contributed by atoms with van der Waals surface area (Å²) in [4.78, 5) is 16.2. The molecule has 1 aliphatic rings. The van der Waals surface area contributed by atoms with Gasteiger partial charge in [0.15, 0.2) is 5.84 Å². The summed E-state index contributed by atoms with van der Waals surface area (Å²) in [7, 11) is 0. The first-order valence-electron chi connectivity index (χ1n) is 6.79. The van der Waals surface area contributed by atoms with E-state index in [1.807, 2.05) is 29.2 Å². The maximum absolute atomic E-state index is 12.3. The summed E-state index contributed by atoms with van der Waals surface area (Å²) >= 11 is 3.41. The minimum Gasteiger partial charge on any atom is -0.409 e. The molecule has 0 atom stereocenters. The zero-order valence-electron chi connectivity index (χ0n) is 11.7. The molecule has 6 nitrogen and oxygen atoms in total. The van der Waals surface area contributed by atoms with Gasteiger partial charge in [0.1, 0.15) is 0 Å². The van der Waals surface area contributed by atoms with Gasteiger partial charge >= 0.3 is 0 Å². The lowest BCUT2D eigenvalue weighted by molar-refractivity contribution is -0.132. The van der Waals surface area contributed by atoms with Gasteiger partial charge in [-0.3, -0.25) is 9.69 Å². The maximum Gasteiger partial charge on any atom is 0.227 e. The number of oxime groups is 1. The number of piperazine rings is 1. The number of hydrogen-bond donors (Lipinski definition) is 2. The molecule has 0 aromatic heterocycles. The first kappa shape index (κ1) is 15.8. The Hall–Kier alpha value is -1.60. The summed E-state index contributed by atoms with van der Waals surface area (Å²) in [6, 6.07) is 7.80. The molecular weight excluding hydrogens is 336 g/mol. The fourth-order valence-corrected chi connectivity index (χ4v) is 2.80. The molecule has 0 aliphatic carbocycles. The van der Waals surface area contributed by atoms with Crippen LogP contribution in [-0.2, 0) is 11.2 Å². The van der Waals surface area contributed by atoms with Gasteiger partial charge in [0, 0.05) is 30.7 Å². The van der Waals surface area contributed by atoms with E-state index < -0.39 is 0 Å². The van der Waals surface area contributed by atoms with Crippen LogP contribution in [0.1, 0.15) is 5.56 Å². The summed E-state index contributed by atoms with van der Waals surface area (Å²) in [5.41, 5.74) is 6.50. The second-order valence-corrected chi connectivity index (χ2v) is 5.97. The van der Waals surface area contributed by atoms with Crippen molar-refractivity contribution in [3.63, 3.8) is 0 Å². The van der Waals surface area contributed by atoms with Crippen molar-refractivity contribution in [2.24, 2.45) is 10.9 Å². The average molecular weight is 355 g/mol. The van der Waals surface area contributed by atoms with E-state index in [0.29, 0.717) is 26.1 Å². The molecule has 1 aromatic rings. The third-order valence-electron chi connectivity index (χ3n) is 3.48. The first-order chi connectivity index (χ1) is 10.1. The Labute approximate surface area is 132 Å². The number of rotatable bonds is 4. The van der Waals surface area contributed by atoms with E-state index in [2.05, 4.69) is 26.0 Å². The molecule has 2 rings (SSSR count). The van der Waals surface area contributed by atoms with Gasteiger partial charge in [0.2, 0.25) is 5.91 Å². The molecule has 0 radical (unpaired) electrons. The number of nitrogens with zero attached hydrogens (tertiary/aromatic N) is 3. The van der Waals surface area contributed by atoms with Crippen molar-refractivity contribution < 1.29 is 10.0 Å². The molecule has 1 fully saturated rings. The smallest absolute Gasteiger partial charge is 0.227 e. The van der Waals surface area contributed by atoms with E-state index in [1.54, 1.807) is 0 Å². The number of nitrogens with two attached hydrogens (primary N) is 1. The summed E-state index contributed by atoms with van der Waals surface area (Å²) in [6.45, 7) is 3.25. The maximum atomic E-state index is 12.3. The number of benzene rings is 1. The quantitative estimate of drug-likeness (QED) is 0.364. The van der Waals surface area contributed by atoms with E-state index in [-0.39, 0.29) is 11.7 Å². The largest absolute Gasteiger partial charge is 0.409 e. The highest BCUT2D eigenvalue weighted by Gasteiger charge is 2.21. The van der Waals surface area contributed by atoms with Crippen LogP contribution in [0.25, 0.3) is 0 Å². The predicted octanol–water partition coefficient (Wildman–Crippen LogP) is 0.882. The summed E-state index contributed by atoms with van der Waals surface area (Å²) in [5, 5.41) is 11.5. The number of carbonyl (C=O) groups is 1. The highest BCUT2D eigenvalue weighted by atomic mass is 79.9. The molecule has 21 heavy (non-hydrogen) atoms. The highest BCUT2D eigenvalue weighted by Crippen LogP contribution is 2.13. The Balaban J connectivity index is 1.83. The molecule has 0 bridgehead atoms. The van der Waals surface area contributed by atoms with Crippen LogP contribution in [-0.4, -0.2) is 59.5 Å². The summed E-state index contributed by atoms with van der Waals surface area (Å²) in [5.74, 6) is 0.334. The Kier molecular flexibility index (Phi) is 5.58. The molecule has 1 aromatic carbocycles. The third kappa shape index (κ3) is 4.71. The Morgan fingerprint density at radius 2 is 2.05 bits per heavy atom. The molecule has 0 saturated carbocycles. The number of amidine groups is 1. The Morgan fingerprint density at radius 1 is 1.33 bits per heavy atom. The Morgan fingerprint density at radius 3 is 2.67 bits per heavy atom. The van der Waals surface area contributed by atoms with Gasteiger partial charge in [-0.25, -0.2) is 0 Å². The fraction of sp³-hybridized carbons (Fsp3) is 0.429. The summed E-state index contributed by atoms with van der Waals surface area (Å²) in [6.07, 6.45) is 0.416. The standard InChI is InChI=1S/C14H19BrN4O2/c15-12-3-1-2-11(8-12)9-14(20)19-6-4-18(5-7-19)10-13(16)17-21/h1-3,8,21H,4-7,9-10H2,(H2,16,17). The van der Waals surface area contributed by atoms with Crippen molar-refractivity contribution in [2.45, 2.75) is 6.42 Å². The number of carbonyl (C=O) groups excluding carboxylic acids is 1. The van der Waals surface area contributed by atoms with Gasteiger partial charge < -0.3 is 15.8 Å². The van der Waals surface area contributed by atoms with Crippen molar-refractivity contribution in [1.82, 2.24) is 9.80 Å². The molecule has 1 heterocycles. The number of amides is 1. The first-order valence-corrected chi connectivity index (χ1v) is 7.59. The van der Waals surface area contributed by atoms with Crippen molar-refractivity contribution in [2.75, 3.05) is 32.7 Å². The zero-order chi connectivity index (χ0) is 15.2. The molecule has 1 saturated heterocycles. The van der Waals surface area contributed by atoms with E-state index in [0.717, 1.165) is 23.1 Å². The van der Waals surface area contributed by atoms with E-state index in [4.69, 9.17) is 10.9 Å². The molecule has 114 valence electrons. The topological polar surface area (TPSA) is 82.2 Å². The van der Waals surface area contributed by atoms with E-state index in [9.17, 15) is 4.79 Å². The minimum atomic E-state index is 0.136. The number of hydrogen-bond acceptors (Lipinski definition) is 4. The average Bonchev–Trinajstić information content (AvgIpc) is 2.47. The van der Waals surface area contributed by atoms with Crippen LogP contribution >= 0.6 is 15.9 Å². The molecule has 1 amide bonds. The van der Waals surface area contributed by atoms with Gasteiger partial charge in [0.25, 0.3) is 0 Å². The lowest BCUT2D eigenvalue weighted by atomic mass is 10.1. The van der Waals surface area contributed by atoms with Crippen LogP contribution in [0, 0.1) is 0 Å². The van der Waals surface area contributed by atoms with Crippen molar-refractivity contribution in [3.8, 4) is 0 Å². The van der Waals surface area contributed by atoms with Crippen LogP contribution in [0.5, 0.6) is 0 Å². The van der Waals surface area contributed by atoms with Crippen LogP contribution in [0.4, 0.5) is 0 Å². The highest BCUT2D eigenvalue weighted by molar-refractivity contribution is 9.10. The van der Waals surface area contributed by atoms with E-state index in [1.165, 1.54) is 0 Å². The normalized spacial score (nSPS) is 17.0. The van der Waals surface area contributed by atoms with Gasteiger partial charge in [-0.15, -0.1) is 0 Å². The van der Waals surface area contributed by atoms with Gasteiger partial charge in [-0.2, -0.15) is 0 Å². The zero-order valence-corrected chi connectivity index (χ0v) is 13.3. The predicted molar refractivity (Wildman–Crippen MR) is 84.3 cm³/mol.